The molecule has 1 saturated heterocycles. The highest BCUT2D eigenvalue weighted by Crippen LogP contribution is 2.26. The van der Waals surface area contributed by atoms with E-state index in [1.54, 1.807) is 6.07 Å². The molecule has 0 bridgehead atoms. The summed E-state index contributed by atoms with van der Waals surface area (Å²) in [6.07, 6.45) is 4.50. The van der Waals surface area contributed by atoms with Gasteiger partial charge in [-0.1, -0.05) is 31.9 Å². The molecular formula is C17H25ClN2O. The maximum absolute atomic E-state index is 12.8. The van der Waals surface area contributed by atoms with Crippen molar-refractivity contribution in [1.29, 1.82) is 0 Å². The highest BCUT2D eigenvalue weighted by Gasteiger charge is 2.25. The molecule has 0 saturated carbocycles. The Labute approximate surface area is 132 Å². The second-order valence-electron chi connectivity index (χ2n) is 5.78. The molecule has 1 atom stereocenters. The number of hydrogen-bond donors (Lipinski definition) is 1. The molecule has 0 aliphatic carbocycles. The van der Waals surface area contributed by atoms with Crippen molar-refractivity contribution in [1.82, 2.24) is 4.90 Å². The average molecular weight is 309 g/mol. The van der Waals surface area contributed by atoms with Crippen LogP contribution in [0.3, 0.4) is 0 Å². The van der Waals surface area contributed by atoms with Gasteiger partial charge in [-0.05, 0) is 43.4 Å². The maximum atomic E-state index is 12.8. The molecule has 0 aromatic heterocycles. The Morgan fingerprint density at radius 1 is 1.43 bits per heavy atom. The summed E-state index contributed by atoms with van der Waals surface area (Å²) in [5.74, 6) is 0.739. The van der Waals surface area contributed by atoms with E-state index in [2.05, 4.69) is 19.2 Å². The predicted molar refractivity (Wildman–Crippen MR) is 89.2 cm³/mol. The van der Waals surface area contributed by atoms with Crippen molar-refractivity contribution >= 4 is 23.2 Å². The van der Waals surface area contributed by atoms with Gasteiger partial charge in [-0.2, -0.15) is 0 Å². The zero-order chi connectivity index (χ0) is 15.2. The molecule has 1 fully saturated rings. The molecule has 116 valence electrons. The van der Waals surface area contributed by atoms with Crippen LogP contribution in [0.1, 0.15) is 49.9 Å². The van der Waals surface area contributed by atoms with Crippen LogP contribution in [0.5, 0.6) is 0 Å². The highest BCUT2D eigenvalue weighted by atomic mass is 35.5. The minimum absolute atomic E-state index is 0.106. The Hall–Kier alpha value is -1.22. The van der Waals surface area contributed by atoms with Crippen LogP contribution in [-0.2, 0) is 0 Å². The molecule has 1 N–H and O–H groups in total. The van der Waals surface area contributed by atoms with Crippen molar-refractivity contribution in [3.05, 3.63) is 28.8 Å². The zero-order valence-corrected chi connectivity index (χ0v) is 13.7. The number of halogens is 1. The number of benzene rings is 1. The van der Waals surface area contributed by atoms with Gasteiger partial charge in [-0.3, -0.25) is 4.79 Å². The van der Waals surface area contributed by atoms with Crippen LogP contribution in [0.2, 0.25) is 5.02 Å². The first-order chi connectivity index (χ1) is 10.2. The number of hydrogen-bond acceptors (Lipinski definition) is 2. The summed E-state index contributed by atoms with van der Waals surface area (Å²) in [4.78, 5) is 14.8. The summed E-state index contributed by atoms with van der Waals surface area (Å²) >= 11 is 6.09. The fourth-order valence-electron chi connectivity index (χ4n) is 2.86. The third-order valence-electron chi connectivity index (χ3n) is 4.16. The summed E-state index contributed by atoms with van der Waals surface area (Å²) < 4.78 is 0. The third-order valence-corrected chi connectivity index (χ3v) is 4.40. The second kappa shape index (κ2) is 7.69. The molecule has 4 heteroatoms. The molecule has 0 radical (unpaired) electrons. The average Bonchev–Trinajstić information content (AvgIpc) is 2.53. The summed E-state index contributed by atoms with van der Waals surface area (Å²) in [6, 6.07) is 5.53. The van der Waals surface area contributed by atoms with Crippen molar-refractivity contribution in [2.24, 2.45) is 5.92 Å². The second-order valence-corrected chi connectivity index (χ2v) is 6.22. The van der Waals surface area contributed by atoms with E-state index in [0.717, 1.165) is 44.6 Å². The van der Waals surface area contributed by atoms with Crippen molar-refractivity contribution in [2.75, 3.05) is 25.0 Å². The minimum Gasteiger partial charge on any atom is -0.384 e. The minimum atomic E-state index is 0.106. The number of likely N-dealkylation sites (tertiary alicyclic amines) is 1. The van der Waals surface area contributed by atoms with Crippen LogP contribution in [0.15, 0.2) is 18.2 Å². The van der Waals surface area contributed by atoms with Gasteiger partial charge in [-0.25, -0.2) is 0 Å². The van der Waals surface area contributed by atoms with Crippen LogP contribution in [0.25, 0.3) is 0 Å². The zero-order valence-electron chi connectivity index (χ0n) is 13.0. The molecule has 1 aromatic rings. The van der Waals surface area contributed by atoms with Gasteiger partial charge in [0.25, 0.3) is 5.91 Å². The van der Waals surface area contributed by atoms with Crippen LogP contribution in [-0.4, -0.2) is 30.4 Å². The number of nitrogens with one attached hydrogen (secondary N) is 1. The number of piperidine rings is 1. The van der Waals surface area contributed by atoms with E-state index in [9.17, 15) is 4.79 Å². The lowest BCUT2D eigenvalue weighted by Gasteiger charge is -2.32. The lowest BCUT2D eigenvalue weighted by molar-refractivity contribution is 0.0672. The first-order valence-electron chi connectivity index (χ1n) is 7.98. The number of carbonyl (C=O) groups is 1. The first kappa shape index (κ1) is 16.2. The van der Waals surface area contributed by atoms with E-state index in [1.807, 2.05) is 17.0 Å². The summed E-state index contributed by atoms with van der Waals surface area (Å²) in [5.41, 5.74) is 1.59. The highest BCUT2D eigenvalue weighted by molar-refractivity contribution is 6.31. The van der Waals surface area contributed by atoms with Crippen molar-refractivity contribution in [2.45, 2.75) is 39.5 Å². The van der Waals surface area contributed by atoms with Gasteiger partial charge in [0, 0.05) is 30.3 Å². The monoisotopic (exact) mass is 308 g/mol. The summed E-state index contributed by atoms with van der Waals surface area (Å²) in [5, 5.41) is 3.94. The molecule has 2 rings (SSSR count). The van der Waals surface area contributed by atoms with E-state index in [-0.39, 0.29) is 5.91 Å². The maximum Gasteiger partial charge on any atom is 0.256 e. The molecular weight excluding hydrogens is 284 g/mol. The van der Waals surface area contributed by atoms with Gasteiger partial charge in [0.05, 0.1) is 5.56 Å². The van der Waals surface area contributed by atoms with Crippen LogP contribution < -0.4 is 5.32 Å². The summed E-state index contributed by atoms with van der Waals surface area (Å²) in [6.45, 7) is 6.90. The van der Waals surface area contributed by atoms with E-state index in [0.29, 0.717) is 16.5 Å². The Bertz CT molecular complexity index is 490. The number of amides is 1. The fourth-order valence-corrected chi connectivity index (χ4v) is 3.03. The molecule has 3 nitrogen and oxygen atoms in total. The normalized spacial score (nSPS) is 18.6. The van der Waals surface area contributed by atoms with Crippen LogP contribution >= 0.6 is 11.6 Å². The van der Waals surface area contributed by atoms with Gasteiger partial charge in [0.2, 0.25) is 0 Å². The molecule has 1 aliphatic rings. The van der Waals surface area contributed by atoms with Gasteiger partial charge in [-0.15, -0.1) is 0 Å². The van der Waals surface area contributed by atoms with Crippen molar-refractivity contribution in [3.8, 4) is 0 Å². The van der Waals surface area contributed by atoms with E-state index < -0.39 is 0 Å². The van der Waals surface area contributed by atoms with Crippen molar-refractivity contribution < 1.29 is 4.79 Å². The van der Waals surface area contributed by atoms with Crippen LogP contribution in [0, 0.1) is 5.92 Å². The van der Waals surface area contributed by atoms with E-state index in [4.69, 9.17) is 11.6 Å². The molecule has 0 spiro atoms. The molecule has 1 aromatic carbocycles. The van der Waals surface area contributed by atoms with Crippen molar-refractivity contribution in [3.63, 3.8) is 0 Å². The van der Waals surface area contributed by atoms with E-state index in [1.165, 1.54) is 6.42 Å². The largest absolute Gasteiger partial charge is 0.384 e. The fraction of sp³-hybridized carbons (Fsp3) is 0.588. The number of anilines is 1. The van der Waals surface area contributed by atoms with E-state index >= 15 is 0 Å². The van der Waals surface area contributed by atoms with Crippen LogP contribution in [0.4, 0.5) is 5.69 Å². The number of nitrogens with zero attached hydrogens (tertiary/aromatic N) is 1. The first-order valence-corrected chi connectivity index (χ1v) is 8.36. The Morgan fingerprint density at radius 2 is 2.24 bits per heavy atom. The number of carbonyl (C=O) groups excluding carboxylic acids is 1. The quantitative estimate of drug-likeness (QED) is 0.873. The molecule has 21 heavy (non-hydrogen) atoms. The smallest absolute Gasteiger partial charge is 0.256 e. The lowest BCUT2D eigenvalue weighted by Crippen LogP contribution is -2.40. The van der Waals surface area contributed by atoms with Gasteiger partial charge < -0.3 is 10.2 Å². The Morgan fingerprint density at radius 3 is 2.95 bits per heavy atom. The standard InChI is InChI=1S/C17H25ClN2O/c1-3-9-19-16-8-7-14(18)11-15(16)17(21)20-10-5-6-13(4-2)12-20/h7-8,11,13,19H,3-6,9-10,12H2,1-2H3. The predicted octanol–water partition coefficient (Wildman–Crippen LogP) is 4.42. The molecule has 1 heterocycles. The molecule has 1 unspecified atom stereocenters. The SMILES string of the molecule is CCCNc1ccc(Cl)cc1C(=O)N1CCCC(CC)C1. The molecule has 1 amide bonds. The third kappa shape index (κ3) is 4.13. The lowest BCUT2D eigenvalue weighted by atomic mass is 9.95. The Balaban J connectivity index is 2.18. The number of rotatable bonds is 5. The summed E-state index contributed by atoms with van der Waals surface area (Å²) in [7, 11) is 0. The Kier molecular flexibility index (Phi) is 5.92. The topological polar surface area (TPSA) is 32.3 Å². The van der Waals surface area contributed by atoms with Gasteiger partial charge in [0.15, 0.2) is 0 Å². The van der Waals surface area contributed by atoms with Gasteiger partial charge in [0.1, 0.15) is 0 Å². The van der Waals surface area contributed by atoms with Gasteiger partial charge >= 0.3 is 0 Å². The molecule has 1 aliphatic heterocycles.